The molecular formula is C26H43NO23. The van der Waals surface area contributed by atoms with Crippen molar-refractivity contribution < 1.29 is 114 Å². The Kier molecular flexibility index (Phi) is 14.2. The topological polar surface area (TPSA) is 397 Å². The third-order valence-electron chi connectivity index (χ3n) is 8.51. The minimum Gasteiger partial charge on any atom is -0.479 e. The van der Waals surface area contributed by atoms with Crippen LogP contribution in [0.3, 0.4) is 0 Å². The Bertz CT molecular complexity index is 1120. The van der Waals surface area contributed by atoms with E-state index in [1.165, 1.54) is 0 Å². The molecule has 4 saturated heterocycles. The molecule has 8 unspecified atom stereocenters. The SMILES string of the molecule is NCCO[C@@H]1OC(CO)[C@@H](O[C@@H]2OC(C(=O)O)[C@@H](O)C(O[C@@H]3OC(CO)[C@@H](O[C@@H]4OC(C(=O)O)[C@@H](O)C(O)[C@@H]4O)[C@H](O)C3O)[C@@H]2O)C(O)[C@@H]1O. The zero-order valence-corrected chi connectivity index (χ0v) is 25.8. The molecule has 15 N–H and O–H groups in total. The second-order valence-corrected chi connectivity index (χ2v) is 11.9. The van der Waals surface area contributed by atoms with Crippen molar-refractivity contribution in [2.24, 2.45) is 5.73 Å². The Balaban J connectivity index is 1.50. The van der Waals surface area contributed by atoms with Crippen LogP contribution in [-0.2, 0) is 47.5 Å². The molecule has 24 nitrogen and oxygen atoms in total. The number of carboxylic acid groups (broad SMARTS) is 2. The number of aliphatic carboxylic acids is 2. The smallest absolute Gasteiger partial charge is 0.335 e. The quantitative estimate of drug-likeness (QED) is 0.0834. The van der Waals surface area contributed by atoms with Crippen LogP contribution in [-0.4, -0.2) is 228 Å². The summed E-state index contributed by atoms with van der Waals surface area (Å²) in [4.78, 5) is 23.4. The van der Waals surface area contributed by atoms with Gasteiger partial charge in [-0.2, -0.15) is 0 Å². The first-order valence-corrected chi connectivity index (χ1v) is 15.3. The second kappa shape index (κ2) is 17.3. The van der Waals surface area contributed by atoms with Crippen LogP contribution in [0.2, 0.25) is 0 Å². The second-order valence-electron chi connectivity index (χ2n) is 11.9. The fourth-order valence-electron chi connectivity index (χ4n) is 5.82. The number of nitrogens with two attached hydrogens (primary N) is 1. The summed E-state index contributed by atoms with van der Waals surface area (Å²) in [5, 5.41) is 134. The van der Waals surface area contributed by atoms with E-state index in [1.54, 1.807) is 0 Å². The third-order valence-corrected chi connectivity index (χ3v) is 8.51. The molecule has 0 aromatic rings. The number of hydrogen-bond donors (Lipinski definition) is 14. The zero-order chi connectivity index (χ0) is 37.2. The van der Waals surface area contributed by atoms with Gasteiger partial charge < -0.3 is 110 Å². The highest BCUT2D eigenvalue weighted by Crippen LogP contribution is 2.34. The lowest BCUT2D eigenvalue weighted by molar-refractivity contribution is -0.385. The van der Waals surface area contributed by atoms with Gasteiger partial charge in [0.2, 0.25) is 0 Å². The Morgan fingerprint density at radius 2 is 0.900 bits per heavy atom. The average molecular weight is 738 g/mol. The van der Waals surface area contributed by atoms with Crippen molar-refractivity contribution >= 4 is 11.9 Å². The predicted octanol–water partition coefficient (Wildman–Crippen LogP) is -9.58. The lowest BCUT2D eigenvalue weighted by Gasteiger charge is -2.48. The highest BCUT2D eigenvalue weighted by molar-refractivity contribution is 5.73. The van der Waals surface area contributed by atoms with E-state index >= 15 is 0 Å². The molecule has 24 heteroatoms. The normalized spacial score (nSPS) is 48.6. The molecule has 50 heavy (non-hydrogen) atoms. The molecule has 290 valence electrons. The highest BCUT2D eigenvalue weighted by Gasteiger charge is 2.56. The van der Waals surface area contributed by atoms with Gasteiger partial charge in [-0.05, 0) is 0 Å². The molecule has 0 amide bonds. The maximum atomic E-state index is 12.0. The van der Waals surface area contributed by atoms with Crippen LogP contribution >= 0.6 is 0 Å². The molecule has 0 bridgehead atoms. The minimum atomic E-state index is -2.25. The van der Waals surface area contributed by atoms with Crippen LogP contribution in [0, 0.1) is 0 Å². The van der Waals surface area contributed by atoms with Crippen molar-refractivity contribution in [2.75, 3.05) is 26.4 Å². The summed E-state index contributed by atoms with van der Waals surface area (Å²) in [6, 6.07) is 0. The lowest BCUT2D eigenvalue weighted by atomic mass is 9.95. The van der Waals surface area contributed by atoms with E-state index in [2.05, 4.69) is 0 Å². The van der Waals surface area contributed by atoms with Gasteiger partial charge >= 0.3 is 11.9 Å². The molecule has 0 spiro atoms. The van der Waals surface area contributed by atoms with Crippen molar-refractivity contribution in [3.63, 3.8) is 0 Å². The molecule has 0 aliphatic carbocycles. The number of ether oxygens (including phenoxy) is 8. The molecule has 4 fully saturated rings. The van der Waals surface area contributed by atoms with Gasteiger partial charge in [0.25, 0.3) is 0 Å². The molecular weight excluding hydrogens is 694 g/mol. The molecule has 0 aromatic carbocycles. The number of carboxylic acids is 2. The first-order chi connectivity index (χ1) is 23.6. The monoisotopic (exact) mass is 737 g/mol. The van der Waals surface area contributed by atoms with Crippen LogP contribution in [0.25, 0.3) is 0 Å². The van der Waals surface area contributed by atoms with Crippen LogP contribution < -0.4 is 5.73 Å². The van der Waals surface area contributed by atoms with E-state index in [0.717, 1.165) is 0 Å². The summed E-state index contributed by atoms with van der Waals surface area (Å²) >= 11 is 0. The molecule has 4 aliphatic rings. The number of carbonyl (C=O) groups is 2. The van der Waals surface area contributed by atoms with Gasteiger partial charge in [0.1, 0.15) is 85.5 Å². The fraction of sp³-hybridized carbons (Fsp3) is 0.923. The average Bonchev–Trinajstić information content (AvgIpc) is 3.08. The van der Waals surface area contributed by atoms with Crippen molar-refractivity contribution in [2.45, 2.75) is 123 Å². The van der Waals surface area contributed by atoms with Gasteiger partial charge in [-0.3, -0.25) is 0 Å². The molecule has 4 rings (SSSR count). The van der Waals surface area contributed by atoms with E-state index in [0.29, 0.717) is 0 Å². The Morgan fingerprint density at radius 1 is 0.500 bits per heavy atom. The first-order valence-electron chi connectivity index (χ1n) is 15.3. The predicted molar refractivity (Wildman–Crippen MR) is 148 cm³/mol. The van der Waals surface area contributed by atoms with Gasteiger partial charge in [0.15, 0.2) is 37.4 Å². The van der Waals surface area contributed by atoms with Gasteiger partial charge in [0.05, 0.1) is 19.8 Å². The van der Waals surface area contributed by atoms with Crippen molar-refractivity contribution in [3.8, 4) is 0 Å². The van der Waals surface area contributed by atoms with E-state index in [-0.39, 0.29) is 13.2 Å². The highest BCUT2D eigenvalue weighted by atomic mass is 16.8. The third kappa shape index (κ3) is 8.35. The van der Waals surface area contributed by atoms with Crippen LogP contribution in [0.5, 0.6) is 0 Å². The van der Waals surface area contributed by atoms with Gasteiger partial charge in [0, 0.05) is 6.54 Å². The summed E-state index contributed by atoms with van der Waals surface area (Å²) in [5.41, 5.74) is 5.36. The van der Waals surface area contributed by atoms with Crippen LogP contribution in [0.15, 0.2) is 0 Å². The molecule has 4 aliphatic heterocycles. The van der Waals surface area contributed by atoms with Crippen LogP contribution in [0.1, 0.15) is 0 Å². The van der Waals surface area contributed by atoms with Crippen LogP contribution in [0.4, 0.5) is 0 Å². The molecule has 0 aromatic heterocycles. The number of aliphatic hydroxyl groups is 11. The molecule has 0 saturated carbocycles. The summed E-state index contributed by atoms with van der Waals surface area (Å²) in [6.07, 6.45) is -39.7. The molecule has 0 radical (unpaired) electrons. The van der Waals surface area contributed by atoms with E-state index in [9.17, 15) is 76.0 Å². The molecule has 20 atom stereocenters. The summed E-state index contributed by atoms with van der Waals surface area (Å²) in [6.45, 7) is -1.98. The van der Waals surface area contributed by atoms with E-state index in [4.69, 9.17) is 43.6 Å². The van der Waals surface area contributed by atoms with Crippen molar-refractivity contribution in [1.29, 1.82) is 0 Å². The lowest BCUT2D eigenvalue weighted by Crippen LogP contribution is -2.68. The summed E-state index contributed by atoms with van der Waals surface area (Å²) in [5.74, 6) is -3.57. The minimum absolute atomic E-state index is 0.0123. The van der Waals surface area contributed by atoms with Crippen molar-refractivity contribution in [3.05, 3.63) is 0 Å². The number of aliphatic hydroxyl groups excluding tert-OH is 11. The van der Waals surface area contributed by atoms with Crippen molar-refractivity contribution in [1.82, 2.24) is 0 Å². The standard InChI is InChI=1S/C26H43NO23/c27-1-2-43-23-12(35)9(32)16(5(3-28)44-23)47-26-15(38)18(14(37)20(50-26)22(41)42)48-24-13(36)10(33)17(6(4-29)45-24)46-25-11(34)7(30)8(31)19(49-25)21(39)40/h5-20,23-26,28-38H,1-4,27H2,(H,39,40)(H,41,42)/t5?,6?,7?,8-,9?,10+,11-,12-,13?,14-,15-,16+,17+,18?,19?,20?,23+,24-,25+,26+/m0/s1. The molecule has 4 heterocycles. The number of hydrogen-bond acceptors (Lipinski definition) is 22. The Labute approximate surface area is 281 Å². The fourth-order valence-corrected chi connectivity index (χ4v) is 5.82. The van der Waals surface area contributed by atoms with Gasteiger partial charge in [-0.15, -0.1) is 0 Å². The zero-order valence-electron chi connectivity index (χ0n) is 25.8. The first kappa shape index (κ1) is 40.9. The maximum absolute atomic E-state index is 12.0. The largest absolute Gasteiger partial charge is 0.479 e. The number of rotatable bonds is 13. The van der Waals surface area contributed by atoms with Gasteiger partial charge in [-0.1, -0.05) is 0 Å². The summed E-state index contributed by atoms with van der Waals surface area (Å²) < 4.78 is 42.7. The van der Waals surface area contributed by atoms with E-state index < -0.39 is 148 Å². The summed E-state index contributed by atoms with van der Waals surface area (Å²) in [7, 11) is 0. The van der Waals surface area contributed by atoms with Gasteiger partial charge in [-0.25, -0.2) is 9.59 Å². The van der Waals surface area contributed by atoms with E-state index in [1.807, 2.05) is 0 Å². The maximum Gasteiger partial charge on any atom is 0.335 e. The Hall–Kier alpha value is -1.86. The Morgan fingerprint density at radius 3 is 1.38 bits per heavy atom.